The number of methoxy groups -OCH3 is 1. The van der Waals surface area contributed by atoms with Gasteiger partial charge in [-0.25, -0.2) is 0 Å². The molecular formula is C12H16NOS. The van der Waals surface area contributed by atoms with E-state index < -0.39 is 0 Å². The van der Waals surface area contributed by atoms with Crippen molar-refractivity contribution in [3.05, 3.63) is 29.7 Å². The highest BCUT2D eigenvalue weighted by molar-refractivity contribution is 7.99. The zero-order valence-corrected chi connectivity index (χ0v) is 9.77. The summed E-state index contributed by atoms with van der Waals surface area (Å²) in [7, 11) is 1.72. The summed E-state index contributed by atoms with van der Waals surface area (Å²) in [6.07, 6.45) is 4.27. The lowest BCUT2D eigenvalue weighted by molar-refractivity contribution is 0.408. The molecule has 0 amide bonds. The topological polar surface area (TPSA) is 35.2 Å². The van der Waals surface area contributed by atoms with Gasteiger partial charge in [-0.1, -0.05) is 0 Å². The highest BCUT2D eigenvalue weighted by Gasteiger charge is 2.16. The maximum absolute atomic E-state index is 5.64. The van der Waals surface area contributed by atoms with Gasteiger partial charge in [0.2, 0.25) is 0 Å². The molecule has 0 atom stereocenters. The van der Waals surface area contributed by atoms with Gasteiger partial charge in [-0.2, -0.15) is 0 Å². The van der Waals surface area contributed by atoms with E-state index in [9.17, 15) is 0 Å². The van der Waals surface area contributed by atoms with E-state index >= 15 is 0 Å². The van der Waals surface area contributed by atoms with Crippen molar-refractivity contribution in [1.29, 1.82) is 0 Å². The van der Waals surface area contributed by atoms with Crippen molar-refractivity contribution in [2.75, 3.05) is 19.4 Å². The molecule has 1 heterocycles. The molecule has 1 aliphatic rings. The molecule has 0 aromatic heterocycles. The van der Waals surface area contributed by atoms with Gasteiger partial charge in [0, 0.05) is 10.6 Å². The van der Waals surface area contributed by atoms with Gasteiger partial charge in [0.25, 0.3) is 0 Å². The molecule has 1 radical (unpaired) electrons. The highest BCUT2D eigenvalue weighted by Crippen LogP contribution is 2.36. The quantitative estimate of drug-likeness (QED) is 0.850. The van der Waals surface area contributed by atoms with Gasteiger partial charge in [-0.15, -0.1) is 11.8 Å². The summed E-state index contributed by atoms with van der Waals surface area (Å²) in [6, 6.07) is 4.22. The lowest BCUT2D eigenvalue weighted by Gasteiger charge is -2.20. The minimum absolute atomic E-state index is 0.678. The van der Waals surface area contributed by atoms with Crippen LogP contribution in [0, 0.1) is 6.42 Å². The van der Waals surface area contributed by atoms with Crippen molar-refractivity contribution in [3.63, 3.8) is 0 Å². The van der Waals surface area contributed by atoms with E-state index in [1.165, 1.54) is 16.0 Å². The Labute approximate surface area is 95.2 Å². The van der Waals surface area contributed by atoms with E-state index in [1.807, 2.05) is 11.8 Å². The van der Waals surface area contributed by atoms with Crippen molar-refractivity contribution in [2.24, 2.45) is 5.73 Å². The summed E-state index contributed by atoms with van der Waals surface area (Å²) in [6.45, 7) is 0.678. The minimum atomic E-state index is 0.678. The minimum Gasteiger partial charge on any atom is -0.496 e. The van der Waals surface area contributed by atoms with E-state index in [0.29, 0.717) is 6.54 Å². The van der Waals surface area contributed by atoms with Gasteiger partial charge < -0.3 is 10.5 Å². The van der Waals surface area contributed by atoms with Crippen LogP contribution in [-0.4, -0.2) is 19.4 Å². The number of hydrogen-bond donors (Lipinski definition) is 1. The second kappa shape index (κ2) is 4.90. The lowest BCUT2D eigenvalue weighted by atomic mass is 9.99. The van der Waals surface area contributed by atoms with Gasteiger partial charge in [0.1, 0.15) is 5.75 Å². The molecule has 0 bridgehead atoms. The third-order valence-electron chi connectivity index (χ3n) is 2.66. The van der Waals surface area contributed by atoms with Crippen molar-refractivity contribution in [2.45, 2.75) is 17.7 Å². The summed E-state index contributed by atoms with van der Waals surface area (Å²) < 4.78 is 5.39. The van der Waals surface area contributed by atoms with E-state index in [2.05, 4.69) is 18.6 Å². The molecule has 3 heteroatoms. The average molecular weight is 222 g/mol. The van der Waals surface area contributed by atoms with Crippen molar-refractivity contribution >= 4 is 11.8 Å². The van der Waals surface area contributed by atoms with Crippen LogP contribution in [0.3, 0.4) is 0 Å². The summed E-state index contributed by atoms with van der Waals surface area (Å²) >= 11 is 1.90. The van der Waals surface area contributed by atoms with Crippen LogP contribution in [-0.2, 0) is 12.8 Å². The Morgan fingerprint density at radius 1 is 1.47 bits per heavy atom. The molecular weight excluding hydrogens is 206 g/mol. The van der Waals surface area contributed by atoms with E-state index in [4.69, 9.17) is 10.5 Å². The van der Waals surface area contributed by atoms with Crippen LogP contribution < -0.4 is 10.5 Å². The van der Waals surface area contributed by atoms with Crippen LogP contribution in [0.15, 0.2) is 17.0 Å². The van der Waals surface area contributed by atoms with Crippen molar-refractivity contribution in [1.82, 2.24) is 0 Å². The van der Waals surface area contributed by atoms with E-state index in [0.717, 1.165) is 24.3 Å². The zero-order valence-electron chi connectivity index (χ0n) is 8.95. The molecule has 0 spiro atoms. The van der Waals surface area contributed by atoms with Crippen LogP contribution in [0.2, 0.25) is 0 Å². The third kappa shape index (κ3) is 2.13. The number of hydrogen-bond acceptors (Lipinski definition) is 3. The molecule has 2 N–H and O–H groups in total. The maximum atomic E-state index is 5.64. The summed E-state index contributed by atoms with van der Waals surface area (Å²) in [5, 5.41) is 0. The largest absolute Gasteiger partial charge is 0.496 e. The van der Waals surface area contributed by atoms with Crippen LogP contribution in [0.1, 0.15) is 11.1 Å². The summed E-state index contributed by atoms with van der Waals surface area (Å²) in [5.74, 6) is 2.09. The standard InChI is InChI=1S/C12H16NOS/c1-14-11-4-5-12-10(3-2-8-15-12)9(11)6-7-13/h2,4-5H,3,6-8,13H2,1H3. The summed E-state index contributed by atoms with van der Waals surface area (Å²) in [5.41, 5.74) is 8.35. The van der Waals surface area contributed by atoms with Gasteiger partial charge in [0.15, 0.2) is 0 Å². The van der Waals surface area contributed by atoms with Gasteiger partial charge in [-0.3, -0.25) is 0 Å². The Hall–Kier alpha value is -0.670. The van der Waals surface area contributed by atoms with Gasteiger partial charge in [-0.05, 0) is 49.1 Å². The summed E-state index contributed by atoms with van der Waals surface area (Å²) in [4.78, 5) is 1.39. The Kier molecular flexibility index (Phi) is 3.54. The highest BCUT2D eigenvalue weighted by atomic mass is 32.2. The average Bonchev–Trinajstić information content (AvgIpc) is 2.30. The molecule has 2 nitrogen and oxygen atoms in total. The Morgan fingerprint density at radius 2 is 2.33 bits per heavy atom. The predicted molar refractivity (Wildman–Crippen MR) is 64.5 cm³/mol. The number of rotatable bonds is 3. The number of benzene rings is 1. The first-order chi connectivity index (χ1) is 7.36. The fourth-order valence-electron chi connectivity index (χ4n) is 1.97. The van der Waals surface area contributed by atoms with Gasteiger partial charge >= 0.3 is 0 Å². The molecule has 0 saturated carbocycles. The van der Waals surface area contributed by atoms with Gasteiger partial charge in [0.05, 0.1) is 7.11 Å². The molecule has 1 aliphatic heterocycles. The van der Waals surface area contributed by atoms with Crippen molar-refractivity contribution < 1.29 is 4.74 Å². The monoisotopic (exact) mass is 222 g/mol. The van der Waals surface area contributed by atoms with E-state index in [1.54, 1.807) is 7.11 Å². The van der Waals surface area contributed by atoms with E-state index in [-0.39, 0.29) is 0 Å². The molecule has 0 aliphatic carbocycles. The molecule has 1 aromatic rings. The Morgan fingerprint density at radius 3 is 3.07 bits per heavy atom. The molecule has 0 saturated heterocycles. The first-order valence-electron chi connectivity index (χ1n) is 5.20. The van der Waals surface area contributed by atoms with Crippen LogP contribution in [0.25, 0.3) is 0 Å². The molecule has 2 rings (SSSR count). The van der Waals surface area contributed by atoms with Crippen LogP contribution >= 0.6 is 11.8 Å². The molecule has 1 aromatic carbocycles. The lowest BCUT2D eigenvalue weighted by Crippen LogP contribution is -2.10. The molecule has 0 unspecified atom stereocenters. The molecule has 0 fully saturated rings. The maximum Gasteiger partial charge on any atom is 0.122 e. The number of thioether (sulfide) groups is 1. The SMILES string of the molecule is COc1ccc2c(c1CCN)C[CH]CS2. The Balaban J connectivity index is 2.44. The number of nitrogens with two attached hydrogens (primary N) is 1. The molecule has 15 heavy (non-hydrogen) atoms. The van der Waals surface area contributed by atoms with Crippen LogP contribution in [0.4, 0.5) is 0 Å². The number of ether oxygens (including phenoxy) is 1. The van der Waals surface area contributed by atoms with Crippen molar-refractivity contribution in [3.8, 4) is 5.75 Å². The normalized spacial score (nSPS) is 14.8. The first kappa shape index (κ1) is 10.8. The smallest absolute Gasteiger partial charge is 0.122 e. The second-order valence-electron chi connectivity index (χ2n) is 3.57. The predicted octanol–water partition coefficient (Wildman–Crippen LogP) is 2.05. The number of fused-ring (bicyclic) bond motifs is 1. The fraction of sp³-hybridized carbons (Fsp3) is 0.417. The zero-order chi connectivity index (χ0) is 10.7. The fourth-order valence-corrected chi connectivity index (χ4v) is 2.93. The van der Waals surface area contributed by atoms with Crippen LogP contribution in [0.5, 0.6) is 5.75 Å². The Bertz CT molecular complexity index is 352. The first-order valence-corrected chi connectivity index (χ1v) is 6.18. The second-order valence-corrected chi connectivity index (χ2v) is 4.63. The third-order valence-corrected chi connectivity index (χ3v) is 3.76. The molecule has 81 valence electrons.